The first-order chi connectivity index (χ1) is 13.8. The van der Waals surface area contributed by atoms with Crippen molar-refractivity contribution in [2.75, 3.05) is 19.7 Å². The van der Waals surface area contributed by atoms with Gasteiger partial charge in [-0.2, -0.15) is 0 Å². The minimum atomic E-state index is -0.241. The molecule has 0 spiro atoms. The van der Waals surface area contributed by atoms with E-state index in [9.17, 15) is 4.79 Å². The summed E-state index contributed by atoms with van der Waals surface area (Å²) in [5, 5.41) is 4.49. The number of pyridine rings is 1. The largest absolute Gasteiger partial charge is 0.461 e. The van der Waals surface area contributed by atoms with Gasteiger partial charge in [0.25, 0.3) is 0 Å². The van der Waals surface area contributed by atoms with Crippen LogP contribution in [-0.4, -0.2) is 35.2 Å². The molecule has 4 rings (SSSR count). The molecule has 3 heterocycles. The molecule has 146 valence electrons. The predicted molar refractivity (Wildman–Crippen MR) is 111 cm³/mol. The molecule has 1 fully saturated rings. The van der Waals surface area contributed by atoms with E-state index in [0.717, 1.165) is 48.1 Å². The number of piperidine rings is 1. The summed E-state index contributed by atoms with van der Waals surface area (Å²) in [4.78, 5) is 16.7. The van der Waals surface area contributed by atoms with Crippen LogP contribution in [0.1, 0.15) is 36.7 Å². The molecule has 0 atom stereocenters. The maximum Gasteiger partial charge on any atom is 0.354 e. The molecule has 5 heteroatoms. The van der Waals surface area contributed by atoms with E-state index in [1.807, 2.05) is 25.1 Å². The quantitative estimate of drug-likeness (QED) is 0.652. The van der Waals surface area contributed by atoms with E-state index in [2.05, 4.69) is 33.1 Å². The lowest BCUT2D eigenvalue weighted by Gasteiger charge is -2.23. The Kier molecular flexibility index (Phi) is 5.72. The Hall–Kier alpha value is -2.66. The summed E-state index contributed by atoms with van der Waals surface area (Å²) in [5.74, 6) is 0.472. The lowest BCUT2D eigenvalue weighted by Crippen LogP contribution is -2.28. The normalized spacial score (nSPS) is 15.0. The number of fused-ring (bicyclic) bond motifs is 1. The molecule has 5 nitrogen and oxygen atoms in total. The van der Waals surface area contributed by atoms with E-state index < -0.39 is 0 Å². The average Bonchev–Trinajstić information content (AvgIpc) is 3.12. The van der Waals surface area contributed by atoms with Crippen molar-refractivity contribution in [2.24, 2.45) is 5.92 Å². The molecule has 0 amide bonds. The van der Waals surface area contributed by atoms with Gasteiger partial charge < -0.3 is 14.6 Å². The zero-order chi connectivity index (χ0) is 19.3. The molecule has 0 radical (unpaired) electrons. The zero-order valence-corrected chi connectivity index (χ0v) is 16.4. The minimum absolute atomic E-state index is 0.241. The highest BCUT2D eigenvalue weighted by atomic mass is 16.5. The molecular weight excluding hydrogens is 350 g/mol. The van der Waals surface area contributed by atoms with Crippen LogP contribution in [0.15, 0.2) is 48.8 Å². The second-order valence-electron chi connectivity index (χ2n) is 7.39. The summed E-state index contributed by atoms with van der Waals surface area (Å²) in [5.41, 5.74) is 3.99. The number of nitrogens with zero attached hydrogens (tertiary/aromatic N) is 2. The summed E-state index contributed by atoms with van der Waals surface area (Å²) in [6.07, 6.45) is 7.10. The van der Waals surface area contributed by atoms with Crippen molar-refractivity contribution in [2.45, 2.75) is 32.7 Å². The van der Waals surface area contributed by atoms with Crippen LogP contribution < -0.4 is 5.32 Å². The Bertz CT molecular complexity index is 943. The lowest BCUT2D eigenvalue weighted by molar-refractivity contribution is 0.0513. The van der Waals surface area contributed by atoms with Gasteiger partial charge in [0, 0.05) is 29.8 Å². The number of hydrogen-bond acceptors (Lipinski definition) is 4. The third-order valence-corrected chi connectivity index (χ3v) is 5.62. The summed E-state index contributed by atoms with van der Waals surface area (Å²) in [6.45, 7) is 5.27. The fraction of sp³-hybridized carbons (Fsp3) is 0.391. The van der Waals surface area contributed by atoms with E-state index in [1.165, 1.54) is 12.8 Å². The number of carbonyl (C=O) groups is 1. The third-order valence-electron chi connectivity index (χ3n) is 5.62. The van der Waals surface area contributed by atoms with Crippen molar-refractivity contribution in [3.05, 3.63) is 54.5 Å². The molecule has 0 saturated carbocycles. The van der Waals surface area contributed by atoms with Gasteiger partial charge in [0.2, 0.25) is 0 Å². The number of esters is 1. The van der Waals surface area contributed by atoms with Gasteiger partial charge in [-0.25, -0.2) is 4.79 Å². The van der Waals surface area contributed by atoms with Gasteiger partial charge >= 0.3 is 5.97 Å². The SMILES string of the molecule is CCOC(=O)c1cc2cc(-c3ccncc3)ccc2n1CCC1CCNCC1. The molecule has 2 aromatic heterocycles. The van der Waals surface area contributed by atoms with Crippen LogP contribution >= 0.6 is 0 Å². The van der Waals surface area contributed by atoms with Crippen LogP contribution in [-0.2, 0) is 11.3 Å². The van der Waals surface area contributed by atoms with E-state index in [0.29, 0.717) is 18.2 Å². The van der Waals surface area contributed by atoms with Gasteiger partial charge in [0.15, 0.2) is 0 Å². The van der Waals surface area contributed by atoms with Crippen LogP contribution in [0.5, 0.6) is 0 Å². The Morgan fingerprint density at radius 3 is 2.68 bits per heavy atom. The topological polar surface area (TPSA) is 56.1 Å². The lowest BCUT2D eigenvalue weighted by atomic mass is 9.94. The molecule has 1 aliphatic rings. The van der Waals surface area contributed by atoms with Crippen molar-refractivity contribution in [3.8, 4) is 11.1 Å². The Morgan fingerprint density at radius 2 is 1.93 bits per heavy atom. The molecule has 0 bridgehead atoms. The smallest absolute Gasteiger partial charge is 0.354 e. The molecule has 1 aliphatic heterocycles. The van der Waals surface area contributed by atoms with Crippen LogP contribution in [0.25, 0.3) is 22.0 Å². The van der Waals surface area contributed by atoms with E-state index in [1.54, 1.807) is 12.4 Å². The Balaban J connectivity index is 1.68. The first-order valence-electron chi connectivity index (χ1n) is 10.2. The second-order valence-corrected chi connectivity index (χ2v) is 7.39. The summed E-state index contributed by atoms with van der Waals surface area (Å²) in [6, 6.07) is 12.4. The summed E-state index contributed by atoms with van der Waals surface area (Å²) >= 11 is 0. The number of hydrogen-bond donors (Lipinski definition) is 1. The predicted octanol–water partition coefficient (Wildman–Crippen LogP) is 4.27. The Labute approximate surface area is 165 Å². The van der Waals surface area contributed by atoms with Crippen LogP contribution in [0.3, 0.4) is 0 Å². The molecular formula is C23H27N3O2. The fourth-order valence-electron chi connectivity index (χ4n) is 4.09. The van der Waals surface area contributed by atoms with Gasteiger partial charge in [-0.15, -0.1) is 0 Å². The van der Waals surface area contributed by atoms with Gasteiger partial charge in [-0.3, -0.25) is 4.98 Å². The van der Waals surface area contributed by atoms with E-state index >= 15 is 0 Å². The van der Waals surface area contributed by atoms with Crippen molar-refractivity contribution < 1.29 is 9.53 Å². The average molecular weight is 377 g/mol. The molecule has 0 aliphatic carbocycles. The highest BCUT2D eigenvalue weighted by Gasteiger charge is 2.19. The molecule has 1 N–H and O–H groups in total. The second kappa shape index (κ2) is 8.57. The first-order valence-corrected chi connectivity index (χ1v) is 10.2. The summed E-state index contributed by atoms with van der Waals surface area (Å²) < 4.78 is 7.47. The minimum Gasteiger partial charge on any atom is -0.461 e. The highest BCUT2D eigenvalue weighted by Crippen LogP contribution is 2.28. The van der Waals surface area contributed by atoms with Crippen molar-refractivity contribution >= 4 is 16.9 Å². The van der Waals surface area contributed by atoms with E-state index in [4.69, 9.17) is 4.74 Å². The zero-order valence-electron chi connectivity index (χ0n) is 16.4. The standard InChI is InChI=1S/C23H27N3O2/c1-2-28-23(27)22-16-20-15-19(18-7-12-25-13-8-18)3-4-21(20)26(22)14-9-17-5-10-24-11-6-17/h3-4,7-8,12-13,15-17,24H,2,5-6,9-11,14H2,1H3. The first kappa shape index (κ1) is 18.7. The molecule has 1 aromatic carbocycles. The van der Waals surface area contributed by atoms with Gasteiger partial charge in [0.1, 0.15) is 5.69 Å². The van der Waals surface area contributed by atoms with Crippen LogP contribution in [0, 0.1) is 5.92 Å². The number of ether oxygens (including phenoxy) is 1. The van der Waals surface area contributed by atoms with Crippen molar-refractivity contribution in [3.63, 3.8) is 0 Å². The van der Waals surface area contributed by atoms with Gasteiger partial charge in [-0.1, -0.05) is 6.07 Å². The van der Waals surface area contributed by atoms with E-state index in [-0.39, 0.29) is 5.97 Å². The van der Waals surface area contributed by atoms with Gasteiger partial charge in [-0.05, 0) is 86.7 Å². The van der Waals surface area contributed by atoms with Crippen LogP contribution in [0.2, 0.25) is 0 Å². The van der Waals surface area contributed by atoms with Crippen molar-refractivity contribution in [1.29, 1.82) is 0 Å². The molecule has 3 aromatic rings. The molecule has 1 saturated heterocycles. The maximum absolute atomic E-state index is 12.6. The summed E-state index contributed by atoms with van der Waals surface area (Å²) in [7, 11) is 0. The highest BCUT2D eigenvalue weighted by molar-refractivity contribution is 5.97. The van der Waals surface area contributed by atoms with Crippen molar-refractivity contribution in [1.82, 2.24) is 14.9 Å². The number of nitrogens with one attached hydrogen (secondary N) is 1. The third kappa shape index (κ3) is 3.94. The molecule has 28 heavy (non-hydrogen) atoms. The number of carbonyl (C=O) groups excluding carboxylic acids is 1. The number of rotatable bonds is 6. The van der Waals surface area contributed by atoms with Crippen LogP contribution in [0.4, 0.5) is 0 Å². The number of aromatic nitrogens is 2. The fourth-order valence-corrected chi connectivity index (χ4v) is 4.09. The maximum atomic E-state index is 12.6. The van der Waals surface area contributed by atoms with Gasteiger partial charge in [0.05, 0.1) is 6.61 Å². The monoisotopic (exact) mass is 377 g/mol. The number of aryl methyl sites for hydroxylation is 1. The number of benzene rings is 1. The molecule has 0 unspecified atom stereocenters. The Morgan fingerprint density at radius 1 is 1.14 bits per heavy atom.